The number of carboxylic acids is 1. The molecule has 0 aromatic rings. The van der Waals surface area contributed by atoms with E-state index in [1.54, 1.807) is 20.8 Å². The van der Waals surface area contributed by atoms with Gasteiger partial charge in [-0.15, -0.1) is 6.58 Å². The maximum absolute atomic E-state index is 11.6. The van der Waals surface area contributed by atoms with E-state index in [2.05, 4.69) is 17.2 Å². The van der Waals surface area contributed by atoms with E-state index in [0.29, 0.717) is 0 Å². The molecule has 0 spiro atoms. The van der Waals surface area contributed by atoms with Crippen molar-refractivity contribution >= 4 is 17.9 Å². The van der Waals surface area contributed by atoms with Crippen LogP contribution in [0.15, 0.2) is 12.7 Å². The van der Waals surface area contributed by atoms with Gasteiger partial charge in [0.15, 0.2) is 0 Å². The van der Waals surface area contributed by atoms with Gasteiger partial charge < -0.3 is 10.4 Å². The summed E-state index contributed by atoms with van der Waals surface area (Å²) in [5, 5.41) is 13.4. The third-order valence-electron chi connectivity index (χ3n) is 1.85. The molecule has 0 aliphatic carbocycles. The predicted octanol–water partition coefficient (Wildman–Crippen LogP) is 0.183. The van der Waals surface area contributed by atoms with Gasteiger partial charge in [0.05, 0.1) is 13.1 Å². The van der Waals surface area contributed by atoms with Gasteiger partial charge in [-0.1, -0.05) is 6.08 Å². The zero-order valence-corrected chi connectivity index (χ0v) is 11.5. The first kappa shape index (κ1) is 17.1. The molecular weight excluding hydrogens is 250 g/mol. The van der Waals surface area contributed by atoms with Crippen LogP contribution in [-0.4, -0.2) is 53.1 Å². The molecule has 19 heavy (non-hydrogen) atoms. The van der Waals surface area contributed by atoms with Crippen molar-refractivity contribution in [3.63, 3.8) is 0 Å². The number of nitrogens with one attached hydrogen (secondary N) is 2. The summed E-state index contributed by atoms with van der Waals surface area (Å²) in [6, 6.07) is -0.605. The Morgan fingerprint density at radius 3 is 2.26 bits per heavy atom. The number of carbonyl (C=O) groups is 3. The van der Waals surface area contributed by atoms with Crippen LogP contribution in [0, 0.1) is 0 Å². The Hall–Kier alpha value is -1.89. The van der Waals surface area contributed by atoms with Gasteiger partial charge in [-0.2, -0.15) is 0 Å². The Balaban J connectivity index is 4.29. The number of rotatable bonds is 6. The first-order valence-electron chi connectivity index (χ1n) is 5.81. The third kappa shape index (κ3) is 9.78. The van der Waals surface area contributed by atoms with E-state index < -0.39 is 23.4 Å². The lowest BCUT2D eigenvalue weighted by Gasteiger charge is -2.21. The minimum Gasteiger partial charge on any atom is -0.480 e. The summed E-state index contributed by atoms with van der Waals surface area (Å²) in [7, 11) is 0. The Morgan fingerprint density at radius 1 is 1.26 bits per heavy atom. The van der Waals surface area contributed by atoms with Crippen molar-refractivity contribution in [2.45, 2.75) is 26.3 Å². The van der Waals surface area contributed by atoms with Crippen molar-refractivity contribution in [1.29, 1.82) is 0 Å². The lowest BCUT2D eigenvalue weighted by Crippen LogP contribution is -2.50. The van der Waals surface area contributed by atoms with Crippen LogP contribution in [0.25, 0.3) is 0 Å². The highest BCUT2D eigenvalue weighted by atomic mass is 16.4. The second kappa shape index (κ2) is 7.52. The normalized spacial score (nSPS) is 10.9. The molecule has 0 saturated carbocycles. The molecule has 7 heteroatoms. The zero-order valence-electron chi connectivity index (χ0n) is 11.5. The molecule has 0 aliphatic rings. The molecule has 3 amide bonds. The fourth-order valence-corrected chi connectivity index (χ4v) is 1.30. The average Bonchev–Trinajstić information content (AvgIpc) is 2.12. The molecule has 0 atom stereocenters. The van der Waals surface area contributed by atoms with Crippen LogP contribution in [0.5, 0.6) is 0 Å². The van der Waals surface area contributed by atoms with E-state index in [1.807, 2.05) is 0 Å². The van der Waals surface area contributed by atoms with Crippen molar-refractivity contribution < 1.29 is 19.5 Å². The molecule has 0 radical (unpaired) electrons. The van der Waals surface area contributed by atoms with E-state index in [1.165, 1.54) is 11.0 Å². The van der Waals surface area contributed by atoms with Crippen molar-refractivity contribution in [2.75, 3.05) is 19.6 Å². The summed E-state index contributed by atoms with van der Waals surface area (Å²) in [6.07, 6.45) is 1.49. The molecule has 108 valence electrons. The van der Waals surface area contributed by atoms with Gasteiger partial charge >= 0.3 is 12.0 Å². The quantitative estimate of drug-likeness (QED) is 0.599. The van der Waals surface area contributed by atoms with Gasteiger partial charge in [0.1, 0.15) is 0 Å². The molecular formula is C12H21N3O4. The van der Waals surface area contributed by atoms with E-state index >= 15 is 0 Å². The first-order valence-corrected chi connectivity index (χ1v) is 5.81. The second-order valence-corrected chi connectivity index (χ2v) is 5.10. The van der Waals surface area contributed by atoms with Crippen molar-refractivity contribution in [1.82, 2.24) is 15.5 Å². The molecule has 0 bridgehead atoms. The van der Waals surface area contributed by atoms with Crippen LogP contribution in [0.2, 0.25) is 0 Å². The maximum Gasteiger partial charge on any atom is 0.321 e. The second-order valence-electron chi connectivity index (χ2n) is 5.10. The van der Waals surface area contributed by atoms with Gasteiger partial charge in [-0.25, -0.2) is 4.79 Å². The third-order valence-corrected chi connectivity index (χ3v) is 1.85. The smallest absolute Gasteiger partial charge is 0.321 e. The summed E-state index contributed by atoms with van der Waals surface area (Å²) >= 11 is 0. The summed E-state index contributed by atoms with van der Waals surface area (Å²) < 4.78 is 0. The van der Waals surface area contributed by atoms with Gasteiger partial charge in [-0.05, 0) is 20.8 Å². The molecule has 0 aromatic heterocycles. The highest BCUT2D eigenvalue weighted by Gasteiger charge is 2.18. The number of aliphatic carboxylic acids is 1. The summed E-state index contributed by atoms with van der Waals surface area (Å²) in [4.78, 5) is 34.9. The number of hydrogen-bond donors (Lipinski definition) is 3. The molecule has 0 saturated heterocycles. The van der Waals surface area contributed by atoms with Crippen molar-refractivity contribution in [2.24, 2.45) is 0 Å². The van der Waals surface area contributed by atoms with Gasteiger partial charge in [-0.3, -0.25) is 19.8 Å². The van der Waals surface area contributed by atoms with Crippen LogP contribution in [-0.2, 0) is 9.59 Å². The van der Waals surface area contributed by atoms with Crippen LogP contribution in [0.1, 0.15) is 20.8 Å². The minimum absolute atomic E-state index is 0.185. The molecule has 0 aliphatic heterocycles. The monoisotopic (exact) mass is 271 g/mol. The van der Waals surface area contributed by atoms with Crippen molar-refractivity contribution in [3.05, 3.63) is 12.7 Å². The number of carboxylic acid groups (broad SMARTS) is 1. The molecule has 0 aromatic carbocycles. The Labute approximate surface area is 112 Å². The highest BCUT2D eigenvalue weighted by Crippen LogP contribution is 1.97. The van der Waals surface area contributed by atoms with Crippen LogP contribution >= 0.6 is 0 Å². The zero-order chi connectivity index (χ0) is 15.1. The largest absolute Gasteiger partial charge is 0.480 e. The molecule has 0 unspecified atom stereocenters. The Morgan fingerprint density at radius 2 is 1.84 bits per heavy atom. The fourth-order valence-electron chi connectivity index (χ4n) is 1.30. The summed E-state index contributed by atoms with van der Waals surface area (Å²) in [5.74, 6) is -1.61. The Kier molecular flexibility index (Phi) is 6.78. The van der Waals surface area contributed by atoms with Gasteiger partial charge in [0, 0.05) is 12.1 Å². The highest BCUT2D eigenvalue weighted by molar-refractivity contribution is 5.95. The van der Waals surface area contributed by atoms with E-state index in [9.17, 15) is 14.4 Å². The topological polar surface area (TPSA) is 98.7 Å². The van der Waals surface area contributed by atoms with Crippen LogP contribution in [0.4, 0.5) is 4.79 Å². The number of urea groups is 1. The van der Waals surface area contributed by atoms with Gasteiger partial charge in [0.2, 0.25) is 5.91 Å². The summed E-state index contributed by atoms with van der Waals surface area (Å²) in [5.41, 5.74) is -0.452. The average molecular weight is 271 g/mol. The Bertz CT molecular complexity index is 360. The van der Waals surface area contributed by atoms with E-state index in [-0.39, 0.29) is 19.6 Å². The fraction of sp³-hybridized carbons (Fsp3) is 0.583. The molecule has 7 nitrogen and oxygen atoms in total. The van der Waals surface area contributed by atoms with Crippen molar-refractivity contribution in [3.8, 4) is 0 Å². The van der Waals surface area contributed by atoms with E-state index in [4.69, 9.17) is 5.11 Å². The number of nitrogens with zero attached hydrogens (tertiary/aromatic N) is 1. The lowest BCUT2D eigenvalue weighted by molar-refractivity contribution is -0.138. The molecule has 0 rings (SSSR count). The number of amides is 3. The predicted molar refractivity (Wildman–Crippen MR) is 70.7 cm³/mol. The SMILES string of the molecule is C=CCN(CC(=O)O)CC(=O)NC(=O)NC(C)(C)C. The van der Waals surface area contributed by atoms with Crippen LogP contribution in [0.3, 0.4) is 0 Å². The standard InChI is InChI=1S/C12H21N3O4/c1-5-6-15(8-10(17)18)7-9(16)13-11(19)14-12(2,3)4/h5H,1,6-8H2,2-4H3,(H,17,18)(H2,13,14,16,19). The van der Waals surface area contributed by atoms with E-state index in [0.717, 1.165) is 0 Å². The number of imide groups is 1. The molecule has 3 N–H and O–H groups in total. The van der Waals surface area contributed by atoms with Gasteiger partial charge in [0.25, 0.3) is 0 Å². The molecule has 0 heterocycles. The first-order chi connectivity index (χ1) is 8.64. The van der Waals surface area contributed by atoms with Crippen LogP contribution < -0.4 is 10.6 Å². The molecule has 0 fully saturated rings. The number of hydrogen-bond acceptors (Lipinski definition) is 4. The maximum atomic E-state index is 11.6. The number of carbonyl (C=O) groups excluding carboxylic acids is 2. The minimum atomic E-state index is -1.05. The lowest BCUT2D eigenvalue weighted by atomic mass is 10.1. The summed E-state index contributed by atoms with van der Waals surface area (Å²) in [6.45, 7) is 8.60.